The first-order valence-corrected chi connectivity index (χ1v) is 5.98. The third kappa shape index (κ3) is 3.30. The van der Waals surface area contributed by atoms with E-state index in [2.05, 4.69) is 10.3 Å². The number of carbonyl (C=O) groups excluding carboxylic acids is 1. The molecule has 0 aromatic carbocycles. The zero-order chi connectivity index (χ0) is 12.9. The van der Waals surface area contributed by atoms with Gasteiger partial charge in [0.2, 0.25) is 5.91 Å². The van der Waals surface area contributed by atoms with Crippen LogP contribution in [0.4, 0.5) is 0 Å². The van der Waals surface area contributed by atoms with E-state index in [9.17, 15) is 4.79 Å². The second-order valence-electron chi connectivity index (χ2n) is 4.58. The van der Waals surface area contributed by atoms with E-state index in [1.165, 1.54) is 0 Å². The first kappa shape index (κ1) is 13.7. The van der Waals surface area contributed by atoms with Gasteiger partial charge in [0.1, 0.15) is 5.82 Å². The molecule has 0 fully saturated rings. The standard InChI is InChI=1S/C12H22N4O/c1-4-12(2,9-13)11(17)15-6-5-10-14-7-8-16(10)3/h7-8H,4-6,9,13H2,1-3H3,(H,15,17). The van der Waals surface area contributed by atoms with Gasteiger partial charge in [-0.1, -0.05) is 6.92 Å². The number of imidazole rings is 1. The molecule has 0 bridgehead atoms. The maximum absolute atomic E-state index is 11.9. The molecule has 0 saturated heterocycles. The van der Waals surface area contributed by atoms with Crippen molar-refractivity contribution < 1.29 is 4.79 Å². The molecule has 17 heavy (non-hydrogen) atoms. The van der Waals surface area contributed by atoms with Gasteiger partial charge in [-0.05, 0) is 13.3 Å². The van der Waals surface area contributed by atoms with Crippen LogP contribution in [0, 0.1) is 5.41 Å². The van der Waals surface area contributed by atoms with Gasteiger partial charge in [-0.15, -0.1) is 0 Å². The monoisotopic (exact) mass is 238 g/mol. The molecule has 1 unspecified atom stereocenters. The van der Waals surface area contributed by atoms with E-state index < -0.39 is 5.41 Å². The van der Waals surface area contributed by atoms with Crippen molar-refractivity contribution in [1.82, 2.24) is 14.9 Å². The van der Waals surface area contributed by atoms with Crippen LogP contribution in [0.25, 0.3) is 0 Å². The van der Waals surface area contributed by atoms with Gasteiger partial charge in [0.15, 0.2) is 0 Å². The summed E-state index contributed by atoms with van der Waals surface area (Å²) in [6.45, 7) is 4.84. The minimum atomic E-state index is -0.457. The minimum Gasteiger partial charge on any atom is -0.355 e. The van der Waals surface area contributed by atoms with Crippen molar-refractivity contribution in [1.29, 1.82) is 0 Å². The Bertz CT molecular complexity index is 368. The molecule has 3 N–H and O–H groups in total. The van der Waals surface area contributed by atoms with Crippen LogP contribution in [0.3, 0.4) is 0 Å². The molecule has 0 aliphatic heterocycles. The molecule has 0 aliphatic carbocycles. The number of rotatable bonds is 6. The van der Waals surface area contributed by atoms with Gasteiger partial charge < -0.3 is 15.6 Å². The van der Waals surface area contributed by atoms with Gasteiger partial charge >= 0.3 is 0 Å². The van der Waals surface area contributed by atoms with Crippen LogP contribution < -0.4 is 11.1 Å². The van der Waals surface area contributed by atoms with Crippen LogP contribution >= 0.6 is 0 Å². The van der Waals surface area contributed by atoms with Gasteiger partial charge in [-0.3, -0.25) is 4.79 Å². The summed E-state index contributed by atoms with van der Waals surface area (Å²) < 4.78 is 1.95. The van der Waals surface area contributed by atoms with Gasteiger partial charge in [0, 0.05) is 39.0 Å². The zero-order valence-electron chi connectivity index (χ0n) is 10.9. The number of aromatic nitrogens is 2. The van der Waals surface area contributed by atoms with Crippen molar-refractivity contribution in [2.45, 2.75) is 26.7 Å². The molecule has 0 saturated carbocycles. The van der Waals surface area contributed by atoms with Gasteiger partial charge in [0.05, 0.1) is 5.41 Å². The smallest absolute Gasteiger partial charge is 0.227 e. The second-order valence-corrected chi connectivity index (χ2v) is 4.58. The van der Waals surface area contributed by atoms with E-state index >= 15 is 0 Å². The summed E-state index contributed by atoms with van der Waals surface area (Å²) in [7, 11) is 1.94. The molecule has 1 heterocycles. The predicted molar refractivity (Wildman–Crippen MR) is 67.4 cm³/mol. The summed E-state index contributed by atoms with van der Waals surface area (Å²) in [5.74, 6) is 0.993. The van der Waals surface area contributed by atoms with Crippen LogP contribution in [0.1, 0.15) is 26.1 Å². The van der Waals surface area contributed by atoms with E-state index in [-0.39, 0.29) is 5.91 Å². The highest BCUT2D eigenvalue weighted by Gasteiger charge is 2.29. The summed E-state index contributed by atoms with van der Waals surface area (Å²) in [5.41, 5.74) is 5.17. The molecule has 5 heteroatoms. The van der Waals surface area contributed by atoms with Crippen LogP contribution in [0.15, 0.2) is 12.4 Å². The fraction of sp³-hybridized carbons (Fsp3) is 0.667. The normalized spacial score (nSPS) is 14.4. The van der Waals surface area contributed by atoms with E-state index in [0.717, 1.165) is 18.7 Å². The minimum absolute atomic E-state index is 0.0247. The Morgan fingerprint density at radius 3 is 2.82 bits per heavy atom. The number of nitrogens with zero attached hydrogens (tertiary/aromatic N) is 2. The molecule has 0 aliphatic rings. The Labute approximate surface area is 102 Å². The van der Waals surface area contributed by atoms with E-state index in [1.54, 1.807) is 6.20 Å². The summed E-state index contributed by atoms with van der Waals surface area (Å²) in [6, 6.07) is 0. The number of hydrogen-bond donors (Lipinski definition) is 2. The van der Waals surface area contributed by atoms with Gasteiger partial charge in [-0.2, -0.15) is 0 Å². The topological polar surface area (TPSA) is 72.9 Å². The molecule has 0 radical (unpaired) electrons. The van der Waals surface area contributed by atoms with E-state index in [4.69, 9.17) is 5.73 Å². The van der Waals surface area contributed by atoms with Crippen molar-refractivity contribution in [2.75, 3.05) is 13.1 Å². The third-order valence-electron chi connectivity index (χ3n) is 3.33. The lowest BCUT2D eigenvalue weighted by atomic mass is 9.87. The Balaban J connectivity index is 2.41. The molecule has 1 amide bonds. The van der Waals surface area contributed by atoms with Crippen molar-refractivity contribution in [2.24, 2.45) is 18.2 Å². The van der Waals surface area contributed by atoms with Crippen molar-refractivity contribution in [3.05, 3.63) is 18.2 Å². The van der Waals surface area contributed by atoms with Gasteiger partial charge in [-0.25, -0.2) is 4.98 Å². The maximum atomic E-state index is 11.9. The zero-order valence-corrected chi connectivity index (χ0v) is 10.9. The Morgan fingerprint density at radius 1 is 1.65 bits per heavy atom. The molecular formula is C12H22N4O. The van der Waals surface area contributed by atoms with Gasteiger partial charge in [0.25, 0.3) is 0 Å². The van der Waals surface area contributed by atoms with E-state index in [1.807, 2.05) is 31.7 Å². The molecule has 1 atom stereocenters. The highest BCUT2D eigenvalue weighted by molar-refractivity contribution is 5.82. The fourth-order valence-electron chi connectivity index (χ4n) is 1.54. The lowest BCUT2D eigenvalue weighted by Gasteiger charge is -2.24. The SMILES string of the molecule is CCC(C)(CN)C(=O)NCCc1nccn1C. The molecule has 96 valence electrons. The number of hydrogen-bond acceptors (Lipinski definition) is 3. The molecule has 1 aromatic heterocycles. The summed E-state index contributed by atoms with van der Waals surface area (Å²) in [6.07, 6.45) is 5.14. The Hall–Kier alpha value is -1.36. The molecule has 1 rings (SSSR count). The Morgan fingerprint density at radius 2 is 2.35 bits per heavy atom. The fourth-order valence-corrected chi connectivity index (χ4v) is 1.54. The summed E-state index contributed by atoms with van der Waals surface area (Å²) >= 11 is 0. The lowest BCUT2D eigenvalue weighted by molar-refractivity contribution is -0.129. The number of nitrogens with one attached hydrogen (secondary N) is 1. The highest BCUT2D eigenvalue weighted by Crippen LogP contribution is 2.18. The van der Waals surface area contributed by atoms with Crippen molar-refractivity contribution >= 4 is 5.91 Å². The van der Waals surface area contributed by atoms with Crippen molar-refractivity contribution in [3.63, 3.8) is 0 Å². The number of aryl methyl sites for hydroxylation is 1. The second kappa shape index (κ2) is 5.82. The lowest BCUT2D eigenvalue weighted by Crippen LogP contribution is -2.44. The van der Waals surface area contributed by atoms with Crippen LogP contribution in [0.5, 0.6) is 0 Å². The quantitative estimate of drug-likeness (QED) is 0.756. The molecule has 1 aromatic rings. The predicted octanol–water partition coefficient (Wildman–Crippen LogP) is 0.454. The number of amides is 1. The maximum Gasteiger partial charge on any atom is 0.227 e. The highest BCUT2D eigenvalue weighted by atomic mass is 16.2. The van der Waals surface area contributed by atoms with Crippen LogP contribution in [0.2, 0.25) is 0 Å². The average molecular weight is 238 g/mol. The first-order valence-electron chi connectivity index (χ1n) is 5.98. The van der Waals surface area contributed by atoms with E-state index in [0.29, 0.717) is 13.1 Å². The Kier molecular flexibility index (Phi) is 4.69. The van der Waals surface area contributed by atoms with Crippen LogP contribution in [-0.4, -0.2) is 28.5 Å². The van der Waals surface area contributed by atoms with Crippen molar-refractivity contribution in [3.8, 4) is 0 Å². The largest absolute Gasteiger partial charge is 0.355 e. The van der Waals surface area contributed by atoms with Crippen LogP contribution in [-0.2, 0) is 18.3 Å². The average Bonchev–Trinajstić information content (AvgIpc) is 2.74. The third-order valence-corrected chi connectivity index (χ3v) is 3.33. The number of carbonyl (C=O) groups is 1. The molecule has 5 nitrogen and oxygen atoms in total. The summed E-state index contributed by atoms with van der Waals surface area (Å²) in [5, 5.41) is 2.92. The molecular weight excluding hydrogens is 216 g/mol. The molecule has 0 spiro atoms. The first-order chi connectivity index (χ1) is 8.03. The summed E-state index contributed by atoms with van der Waals surface area (Å²) in [4.78, 5) is 16.1. The number of nitrogens with two attached hydrogens (primary N) is 1.